The van der Waals surface area contributed by atoms with Gasteiger partial charge in [-0.15, -0.1) is 0 Å². The number of aliphatic hydroxyl groups excluding tert-OH is 1. The Bertz CT molecular complexity index is 501. The Labute approximate surface area is 126 Å². The smallest absolute Gasteiger partial charge is 0.116 e. The standard InChI is InChI=1S/C18H26FNO/c1-18-7-6-13-12-5-3-11(21)8-10(12)2-4-14(13)15(18)9-16(19)17(18)20/h2-3,5,11-17,21H,4,6-9,20H2,1H3/t11-,12+,13-,14-,15+,16-,17+,18+/m1/s1. The highest BCUT2D eigenvalue weighted by atomic mass is 19.1. The van der Waals surface area contributed by atoms with Crippen LogP contribution in [-0.4, -0.2) is 23.4 Å². The molecule has 2 fully saturated rings. The molecule has 0 amide bonds. The topological polar surface area (TPSA) is 46.2 Å². The number of nitrogens with two attached hydrogens (primary N) is 1. The number of rotatable bonds is 0. The van der Waals surface area contributed by atoms with E-state index < -0.39 is 6.17 Å². The van der Waals surface area contributed by atoms with Crippen molar-refractivity contribution in [3.63, 3.8) is 0 Å². The van der Waals surface area contributed by atoms with E-state index in [0.29, 0.717) is 30.1 Å². The Balaban J connectivity index is 1.65. The van der Waals surface area contributed by atoms with Gasteiger partial charge in [0.05, 0.1) is 6.10 Å². The van der Waals surface area contributed by atoms with Gasteiger partial charge in [-0.3, -0.25) is 0 Å². The van der Waals surface area contributed by atoms with Crippen LogP contribution in [0.3, 0.4) is 0 Å². The lowest BCUT2D eigenvalue weighted by atomic mass is 9.53. The zero-order valence-corrected chi connectivity index (χ0v) is 12.7. The first-order chi connectivity index (χ1) is 10.0. The van der Waals surface area contributed by atoms with Crippen LogP contribution in [0.2, 0.25) is 0 Å². The Hall–Kier alpha value is -0.670. The van der Waals surface area contributed by atoms with E-state index in [1.165, 1.54) is 5.57 Å². The predicted octanol–water partition coefficient (Wildman–Crippen LogP) is 2.97. The molecule has 4 rings (SSSR count). The number of halogens is 1. The van der Waals surface area contributed by atoms with Gasteiger partial charge in [0.25, 0.3) is 0 Å². The third-order valence-corrected chi connectivity index (χ3v) is 7.09. The molecule has 4 aliphatic carbocycles. The number of hydrogen-bond acceptors (Lipinski definition) is 2. The van der Waals surface area contributed by atoms with E-state index in [2.05, 4.69) is 19.1 Å². The lowest BCUT2D eigenvalue weighted by Gasteiger charge is -2.52. The molecule has 0 aliphatic heterocycles. The molecule has 0 heterocycles. The zero-order valence-electron chi connectivity index (χ0n) is 12.7. The summed E-state index contributed by atoms with van der Waals surface area (Å²) in [6, 6.07) is -0.280. The minimum Gasteiger partial charge on any atom is -0.389 e. The molecule has 3 heteroatoms. The summed E-state index contributed by atoms with van der Waals surface area (Å²) >= 11 is 0. The predicted molar refractivity (Wildman–Crippen MR) is 81.3 cm³/mol. The highest BCUT2D eigenvalue weighted by Gasteiger charge is 2.58. The van der Waals surface area contributed by atoms with Gasteiger partial charge in [0, 0.05) is 12.0 Å². The van der Waals surface area contributed by atoms with Crippen molar-refractivity contribution in [3.8, 4) is 0 Å². The van der Waals surface area contributed by atoms with Gasteiger partial charge in [-0.25, -0.2) is 4.39 Å². The number of hydrogen-bond donors (Lipinski definition) is 2. The van der Waals surface area contributed by atoms with Crippen LogP contribution in [0, 0.1) is 29.1 Å². The first-order valence-electron chi connectivity index (χ1n) is 8.45. The van der Waals surface area contributed by atoms with Crippen molar-refractivity contribution in [3.05, 3.63) is 23.8 Å². The second kappa shape index (κ2) is 4.66. The first-order valence-corrected chi connectivity index (χ1v) is 8.45. The van der Waals surface area contributed by atoms with E-state index in [9.17, 15) is 9.50 Å². The van der Waals surface area contributed by atoms with E-state index in [1.807, 2.05) is 6.08 Å². The lowest BCUT2D eigenvalue weighted by molar-refractivity contribution is 0.0128. The van der Waals surface area contributed by atoms with E-state index in [1.54, 1.807) is 0 Å². The highest BCUT2D eigenvalue weighted by Crippen LogP contribution is 2.60. The summed E-state index contributed by atoms with van der Waals surface area (Å²) in [4.78, 5) is 0. The second-order valence-corrected chi connectivity index (χ2v) is 7.95. The van der Waals surface area contributed by atoms with Crippen LogP contribution in [0.25, 0.3) is 0 Å². The van der Waals surface area contributed by atoms with Crippen molar-refractivity contribution >= 4 is 0 Å². The minimum absolute atomic E-state index is 0.0101. The SMILES string of the molecule is C[C@]12CC[C@H]3[C@@H](CC=C4C[C@H](O)C=C[C@@H]43)[C@@H]1C[C@@H](F)[C@@H]2N. The van der Waals surface area contributed by atoms with Crippen molar-refractivity contribution in [1.29, 1.82) is 0 Å². The molecule has 2 saturated carbocycles. The van der Waals surface area contributed by atoms with Crippen LogP contribution in [0.1, 0.15) is 39.0 Å². The fourth-order valence-electron chi connectivity index (χ4n) is 5.85. The second-order valence-electron chi connectivity index (χ2n) is 7.95. The average molecular weight is 291 g/mol. The van der Waals surface area contributed by atoms with Crippen molar-refractivity contribution in [2.24, 2.45) is 34.8 Å². The van der Waals surface area contributed by atoms with Gasteiger partial charge in [0.1, 0.15) is 6.17 Å². The Morgan fingerprint density at radius 1 is 1.33 bits per heavy atom. The third kappa shape index (κ3) is 1.90. The summed E-state index contributed by atoms with van der Waals surface area (Å²) in [5.41, 5.74) is 7.60. The highest BCUT2D eigenvalue weighted by molar-refractivity contribution is 5.27. The van der Waals surface area contributed by atoms with Gasteiger partial charge < -0.3 is 10.8 Å². The van der Waals surface area contributed by atoms with E-state index in [4.69, 9.17) is 5.73 Å². The van der Waals surface area contributed by atoms with E-state index in [-0.39, 0.29) is 17.6 Å². The fourth-order valence-corrected chi connectivity index (χ4v) is 5.85. The summed E-state index contributed by atoms with van der Waals surface area (Å²) < 4.78 is 14.2. The van der Waals surface area contributed by atoms with Crippen LogP contribution in [0.4, 0.5) is 4.39 Å². The van der Waals surface area contributed by atoms with Gasteiger partial charge in [0.2, 0.25) is 0 Å². The number of allylic oxidation sites excluding steroid dienone is 2. The molecule has 0 aromatic heterocycles. The van der Waals surface area contributed by atoms with E-state index >= 15 is 0 Å². The number of aliphatic hydroxyl groups is 1. The zero-order chi connectivity index (χ0) is 14.8. The number of fused-ring (bicyclic) bond motifs is 5. The van der Waals surface area contributed by atoms with Crippen molar-refractivity contribution in [1.82, 2.24) is 0 Å². The maximum atomic E-state index is 14.2. The van der Waals surface area contributed by atoms with Crippen molar-refractivity contribution in [2.45, 2.75) is 57.3 Å². The average Bonchev–Trinajstić information content (AvgIpc) is 2.70. The Morgan fingerprint density at radius 3 is 2.95 bits per heavy atom. The van der Waals surface area contributed by atoms with Gasteiger partial charge in [-0.2, -0.15) is 0 Å². The molecule has 3 N–H and O–H groups in total. The van der Waals surface area contributed by atoms with Crippen LogP contribution in [-0.2, 0) is 0 Å². The lowest BCUT2D eigenvalue weighted by Crippen LogP contribution is -2.49. The summed E-state index contributed by atoms with van der Waals surface area (Å²) in [7, 11) is 0. The van der Waals surface area contributed by atoms with Gasteiger partial charge >= 0.3 is 0 Å². The molecule has 2 nitrogen and oxygen atoms in total. The molecule has 8 atom stereocenters. The van der Waals surface area contributed by atoms with Crippen LogP contribution in [0.15, 0.2) is 23.8 Å². The van der Waals surface area contributed by atoms with Crippen molar-refractivity contribution < 1.29 is 9.50 Å². The summed E-state index contributed by atoms with van der Waals surface area (Å²) in [5.74, 6) is 2.11. The largest absolute Gasteiger partial charge is 0.389 e. The van der Waals surface area contributed by atoms with Crippen LogP contribution in [0.5, 0.6) is 0 Å². The number of alkyl halides is 1. The van der Waals surface area contributed by atoms with Crippen LogP contribution >= 0.6 is 0 Å². The quantitative estimate of drug-likeness (QED) is 0.674. The van der Waals surface area contributed by atoms with E-state index in [0.717, 1.165) is 25.7 Å². The maximum Gasteiger partial charge on any atom is 0.116 e. The molecule has 4 aliphatic rings. The molecule has 0 aromatic carbocycles. The molecule has 116 valence electrons. The Morgan fingerprint density at radius 2 is 2.14 bits per heavy atom. The maximum absolute atomic E-state index is 14.2. The normalized spacial score (nSPS) is 55.4. The van der Waals surface area contributed by atoms with Crippen LogP contribution < -0.4 is 5.73 Å². The summed E-state index contributed by atoms with van der Waals surface area (Å²) in [5, 5.41) is 9.81. The monoisotopic (exact) mass is 291 g/mol. The van der Waals surface area contributed by atoms with Gasteiger partial charge in [0.15, 0.2) is 0 Å². The molecular weight excluding hydrogens is 265 g/mol. The van der Waals surface area contributed by atoms with Gasteiger partial charge in [-0.1, -0.05) is 30.7 Å². The molecule has 0 bridgehead atoms. The third-order valence-electron chi connectivity index (χ3n) is 7.09. The minimum atomic E-state index is -0.826. The van der Waals surface area contributed by atoms with Gasteiger partial charge in [-0.05, 0) is 55.3 Å². The molecule has 0 saturated heterocycles. The molecule has 0 unspecified atom stereocenters. The Kier molecular flexibility index (Phi) is 3.10. The summed E-state index contributed by atoms with van der Waals surface area (Å²) in [6.07, 6.45) is 10.1. The fraction of sp³-hybridized carbons (Fsp3) is 0.778. The van der Waals surface area contributed by atoms with Crippen molar-refractivity contribution in [2.75, 3.05) is 0 Å². The summed E-state index contributed by atoms with van der Waals surface area (Å²) in [6.45, 7) is 2.22. The molecular formula is C18H26FNO. The molecule has 0 radical (unpaired) electrons. The molecule has 0 aromatic rings. The molecule has 0 spiro atoms. The molecule has 21 heavy (non-hydrogen) atoms. The first kappa shape index (κ1) is 14.0.